The van der Waals surface area contributed by atoms with E-state index in [2.05, 4.69) is 20.4 Å². The molecule has 4 rings (SSSR count). The normalized spacial score (nSPS) is 11.0. The lowest BCUT2D eigenvalue weighted by molar-refractivity contribution is 0.0699. The molecule has 8 heteroatoms. The van der Waals surface area contributed by atoms with Crippen molar-refractivity contribution in [1.29, 1.82) is 0 Å². The largest absolute Gasteiger partial charge is 0.477 e. The van der Waals surface area contributed by atoms with E-state index in [-0.39, 0.29) is 11.2 Å². The zero-order valence-corrected chi connectivity index (χ0v) is 14.2. The molecule has 0 radical (unpaired) electrons. The van der Waals surface area contributed by atoms with E-state index in [4.69, 9.17) is 0 Å². The highest BCUT2D eigenvalue weighted by atomic mass is 16.4. The number of nitrogens with one attached hydrogen (secondary N) is 1. The van der Waals surface area contributed by atoms with Crippen molar-refractivity contribution < 1.29 is 9.90 Å². The summed E-state index contributed by atoms with van der Waals surface area (Å²) in [6.45, 7) is 0. The number of hydrogen-bond donors (Lipinski definition) is 2. The first-order chi connectivity index (χ1) is 12.5. The molecule has 8 nitrogen and oxygen atoms in total. The van der Waals surface area contributed by atoms with Crippen molar-refractivity contribution >= 4 is 39.7 Å². The lowest BCUT2D eigenvalue weighted by Crippen LogP contribution is -2.09. The third kappa shape index (κ3) is 2.57. The maximum atomic E-state index is 11.5. The fraction of sp³-hybridized carbons (Fsp3) is 0.111. The van der Waals surface area contributed by atoms with Crippen molar-refractivity contribution in [2.75, 3.05) is 24.3 Å². The first-order valence-electron chi connectivity index (χ1n) is 7.94. The highest BCUT2D eigenvalue weighted by molar-refractivity contribution is 5.98. The molecule has 0 saturated heterocycles. The summed E-state index contributed by atoms with van der Waals surface area (Å²) in [4.78, 5) is 22.1. The predicted molar refractivity (Wildman–Crippen MR) is 99.3 cm³/mol. The van der Waals surface area contributed by atoms with Crippen LogP contribution in [0, 0.1) is 0 Å². The van der Waals surface area contributed by atoms with Gasteiger partial charge in [-0.15, -0.1) is 0 Å². The average Bonchev–Trinajstić information content (AvgIpc) is 3.06. The Kier molecular flexibility index (Phi) is 3.65. The molecular formula is C18H16N6O2. The fourth-order valence-corrected chi connectivity index (χ4v) is 2.79. The van der Waals surface area contributed by atoms with Gasteiger partial charge in [0.2, 0.25) is 0 Å². The van der Waals surface area contributed by atoms with Gasteiger partial charge in [-0.1, -0.05) is 6.07 Å². The number of aromatic carboxylic acids is 1. The highest BCUT2D eigenvalue weighted by Crippen LogP contribution is 2.27. The monoisotopic (exact) mass is 348 g/mol. The summed E-state index contributed by atoms with van der Waals surface area (Å²) in [6.07, 6.45) is 4.61. The minimum absolute atomic E-state index is 0.0424. The van der Waals surface area contributed by atoms with E-state index < -0.39 is 5.97 Å². The molecule has 0 saturated carbocycles. The maximum Gasteiger partial charge on any atom is 0.341 e. The van der Waals surface area contributed by atoms with Gasteiger partial charge in [0.25, 0.3) is 0 Å². The van der Waals surface area contributed by atoms with Crippen LogP contribution in [0.1, 0.15) is 10.4 Å². The van der Waals surface area contributed by atoms with Crippen molar-refractivity contribution in [2.45, 2.75) is 0 Å². The van der Waals surface area contributed by atoms with Crippen LogP contribution in [0.3, 0.4) is 0 Å². The molecule has 0 unspecified atom stereocenters. The van der Waals surface area contributed by atoms with E-state index in [0.717, 1.165) is 16.8 Å². The number of nitrogens with zero attached hydrogens (tertiary/aromatic N) is 5. The van der Waals surface area contributed by atoms with E-state index in [1.165, 1.54) is 10.7 Å². The molecule has 2 N–H and O–H groups in total. The molecule has 3 heterocycles. The smallest absolute Gasteiger partial charge is 0.341 e. The van der Waals surface area contributed by atoms with E-state index in [9.17, 15) is 9.90 Å². The number of rotatable bonds is 4. The van der Waals surface area contributed by atoms with Crippen LogP contribution >= 0.6 is 0 Å². The Morgan fingerprint density at radius 3 is 2.85 bits per heavy atom. The molecule has 26 heavy (non-hydrogen) atoms. The molecule has 0 bridgehead atoms. The van der Waals surface area contributed by atoms with Gasteiger partial charge in [-0.25, -0.2) is 14.3 Å². The van der Waals surface area contributed by atoms with Crippen LogP contribution in [-0.2, 0) is 0 Å². The van der Waals surface area contributed by atoms with Crippen molar-refractivity contribution in [1.82, 2.24) is 19.6 Å². The number of hydrogen-bond acceptors (Lipinski definition) is 6. The SMILES string of the molecule is CN(C)c1cccc(Nc2nc3c(C(=O)O)cnn3c3cnccc23)c1. The molecule has 0 spiro atoms. The summed E-state index contributed by atoms with van der Waals surface area (Å²) in [6, 6.07) is 9.70. The number of pyridine rings is 1. The van der Waals surface area contributed by atoms with E-state index in [1.54, 1.807) is 12.4 Å². The molecule has 0 atom stereocenters. The Labute approximate surface area is 148 Å². The number of fused-ring (bicyclic) bond motifs is 3. The second-order valence-electron chi connectivity index (χ2n) is 6.02. The van der Waals surface area contributed by atoms with Crippen LogP contribution in [0.5, 0.6) is 0 Å². The molecule has 4 aromatic rings. The van der Waals surface area contributed by atoms with E-state index >= 15 is 0 Å². The third-order valence-corrected chi connectivity index (χ3v) is 4.10. The number of anilines is 3. The quantitative estimate of drug-likeness (QED) is 0.585. The molecular weight excluding hydrogens is 332 g/mol. The van der Waals surface area contributed by atoms with E-state index in [1.807, 2.05) is 49.3 Å². The molecule has 3 aromatic heterocycles. The Balaban J connectivity index is 1.91. The summed E-state index contributed by atoms with van der Waals surface area (Å²) in [7, 11) is 3.94. The molecule has 130 valence electrons. The van der Waals surface area contributed by atoms with Crippen LogP contribution in [0.4, 0.5) is 17.2 Å². The molecule has 0 amide bonds. The number of carbonyl (C=O) groups is 1. The van der Waals surface area contributed by atoms with Crippen LogP contribution in [-0.4, -0.2) is 44.8 Å². The first kappa shape index (κ1) is 15.8. The number of carboxylic acids is 1. The highest BCUT2D eigenvalue weighted by Gasteiger charge is 2.17. The number of carboxylic acid groups (broad SMARTS) is 1. The zero-order valence-electron chi connectivity index (χ0n) is 14.2. The molecule has 0 aliphatic carbocycles. The minimum Gasteiger partial charge on any atom is -0.477 e. The first-order valence-corrected chi connectivity index (χ1v) is 7.94. The van der Waals surface area contributed by atoms with Gasteiger partial charge in [-0.3, -0.25) is 4.98 Å². The van der Waals surface area contributed by atoms with Crippen LogP contribution in [0.15, 0.2) is 48.9 Å². The molecule has 0 aliphatic heterocycles. The van der Waals surface area contributed by atoms with Crippen molar-refractivity contribution in [2.24, 2.45) is 0 Å². The fourth-order valence-electron chi connectivity index (χ4n) is 2.79. The molecule has 0 fully saturated rings. The van der Waals surface area contributed by atoms with Crippen molar-refractivity contribution in [3.8, 4) is 0 Å². The Hall–Kier alpha value is -3.68. The van der Waals surface area contributed by atoms with Crippen LogP contribution < -0.4 is 10.2 Å². The summed E-state index contributed by atoms with van der Waals surface area (Å²) >= 11 is 0. The second-order valence-corrected chi connectivity index (χ2v) is 6.02. The summed E-state index contributed by atoms with van der Waals surface area (Å²) in [5, 5.41) is 17.6. The second kappa shape index (κ2) is 5.99. The van der Waals surface area contributed by atoms with Gasteiger partial charge in [-0.05, 0) is 24.3 Å². The van der Waals surface area contributed by atoms with Crippen molar-refractivity contribution in [3.63, 3.8) is 0 Å². The van der Waals surface area contributed by atoms with Gasteiger partial charge in [0.05, 0.1) is 17.9 Å². The lowest BCUT2D eigenvalue weighted by Gasteiger charge is -2.15. The van der Waals surface area contributed by atoms with Crippen LogP contribution in [0.2, 0.25) is 0 Å². The van der Waals surface area contributed by atoms with Gasteiger partial charge in [0.15, 0.2) is 5.65 Å². The lowest BCUT2D eigenvalue weighted by atomic mass is 10.2. The van der Waals surface area contributed by atoms with Crippen LogP contribution in [0.25, 0.3) is 16.6 Å². The van der Waals surface area contributed by atoms with Gasteiger partial charge < -0.3 is 15.3 Å². The van der Waals surface area contributed by atoms with Gasteiger partial charge in [0.1, 0.15) is 11.4 Å². The maximum absolute atomic E-state index is 11.5. The Morgan fingerprint density at radius 1 is 1.23 bits per heavy atom. The van der Waals surface area contributed by atoms with Crippen molar-refractivity contribution in [3.05, 3.63) is 54.5 Å². The average molecular weight is 348 g/mol. The van der Waals surface area contributed by atoms with Gasteiger partial charge in [-0.2, -0.15) is 5.10 Å². The minimum atomic E-state index is -1.07. The number of aromatic nitrogens is 4. The predicted octanol–water partition coefficient (Wildman–Crippen LogP) is 2.79. The molecule has 1 aromatic carbocycles. The summed E-state index contributed by atoms with van der Waals surface area (Å²) < 4.78 is 1.49. The third-order valence-electron chi connectivity index (χ3n) is 4.10. The molecule has 0 aliphatic rings. The summed E-state index contributed by atoms with van der Waals surface area (Å²) in [5.74, 6) is -0.523. The Morgan fingerprint density at radius 2 is 2.08 bits per heavy atom. The topological polar surface area (TPSA) is 95.7 Å². The van der Waals surface area contributed by atoms with Gasteiger partial charge >= 0.3 is 5.97 Å². The zero-order chi connectivity index (χ0) is 18.3. The Bertz CT molecular complexity index is 1140. The number of benzene rings is 1. The van der Waals surface area contributed by atoms with E-state index in [0.29, 0.717) is 11.3 Å². The van der Waals surface area contributed by atoms with Gasteiger partial charge in [0, 0.05) is 37.1 Å². The standard InChI is InChI=1S/C18H16N6O2/c1-23(2)12-5-3-4-11(8-12)21-16-13-6-7-19-10-15(13)24-17(22-16)14(9-20-24)18(25)26/h3-10H,1-2H3,(H,21,22)(H,25,26). The summed E-state index contributed by atoms with van der Waals surface area (Å²) in [5.41, 5.74) is 2.88.